The minimum absolute atomic E-state index is 0.00529. The number of aliphatic hydroxyl groups excluding tert-OH is 1. The Morgan fingerprint density at radius 1 is 1.62 bits per heavy atom. The summed E-state index contributed by atoms with van der Waals surface area (Å²) in [5, 5.41) is 9.33. The average Bonchev–Trinajstić information content (AvgIpc) is 2.17. The number of amides is 1. The maximum Gasteiger partial charge on any atom is 0.237 e. The number of likely N-dealkylation sites (tertiary alicyclic amines) is 1. The number of halogens is 1. The summed E-state index contributed by atoms with van der Waals surface area (Å²) in [5.74, 6) is 0.421. The minimum Gasteiger partial charge on any atom is -0.393 e. The van der Waals surface area contributed by atoms with Crippen molar-refractivity contribution in [2.45, 2.75) is 25.9 Å². The summed E-state index contributed by atoms with van der Waals surface area (Å²) < 4.78 is 0. The molecule has 1 atom stereocenters. The zero-order valence-corrected chi connectivity index (χ0v) is 8.63. The van der Waals surface area contributed by atoms with Gasteiger partial charge in [-0.15, -0.1) is 11.6 Å². The van der Waals surface area contributed by atoms with Crippen LogP contribution in [0.15, 0.2) is 0 Å². The maximum atomic E-state index is 11.2. The topological polar surface area (TPSA) is 40.5 Å². The van der Waals surface area contributed by atoms with Gasteiger partial charge < -0.3 is 10.0 Å². The van der Waals surface area contributed by atoms with Gasteiger partial charge in [0.2, 0.25) is 5.91 Å². The van der Waals surface area contributed by atoms with Gasteiger partial charge in [-0.1, -0.05) is 0 Å². The zero-order valence-electron chi connectivity index (χ0n) is 7.87. The summed E-state index contributed by atoms with van der Waals surface area (Å²) in [5.41, 5.74) is 0. The summed E-state index contributed by atoms with van der Waals surface area (Å²) in [6.07, 6.45) is 1.52. The number of rotatable bonds is 2. The lowest BCUT2D eigenvalue weighted by Gasteiger charge is -2.32. The Morgan fingerprint density at radius 3 is 2.54 bits per heavy atom. The van der Waals surface area contributed by atoms with Gasteiger partial charge >= 0.3 is 0 Å². The van der Waals surface area contributed by atoms with Crippen LogP contribution in [0, 0.1) is 5.92 Å². The number of carbonyl (C=O) groups excluding carboxylic acids is 1. The Hall–Kier alpha value is -0.280. The summed E-state index contributed by atoms with van der Waals surface area (Å²) in [6, 6.07) is 0. The molecule has 0 radical (unpaired) electrons. The second kappa shape index (κ2) is 4.82. The predicted molar refractivity (Wildman–Crippen MR) is 51.7 cm³/mol. The third-order valence-electron chi connectivity index (χ3n) is 2.69. The molecule has 0 aliphatic carbocycles. The molecule has 1 fully saturated rings. The van der Waals surface area contributed by atoms with Gasteiger partial charge in [-0.3, -0.25) is 4.79 Å². The molecule has 4 heteroatoms. The molecule has 1 rings (SSSR count). The van der Waals surface area contributed by atoms with E-state index in [2.05, 4.69) is 0 Å². The summed E-state index contributed by atoms with van der Waals surface area (Å²) in [6.45, 7) is 3.28. The van der Waals surface area contributed by atoms with E-state index in [0.717, 1.165) is 25.9 Å². The average molecular weight is 206 g/mol. The summed E-state index contributed by atoms with van der Waals surface area (Å²) >= 11 is 5.44. The van der Waals surface area contributed by atoms with Gasteiger partial charge in [0, 0.05) is 13.1 Å². The Balaban J connectivity index is 2.34. The molecule has 0 bridgehead atoms. The molecule has 76 valence electrons. The second-order valence-electron chi connectivity index (χ2n) is 3.59. The largest absolute Gasteiger partial charge is 0.393 e. The molecule has 1 saturated heterocycles. The fourth-order valence-electron chi connectivity index (χ4n) is 1.72. The SMILES string of the molecule is CC(O)C1CCN(C(=O)CCl)CC1. The smallest absolute Gasteiger partial charge is 0.237 e. The lowest BCUT2D eigenvalue weighted by Crippen LogP contribution is -2.41. The molecular formula is C9H16ClNO2. The van der Waals surface area contributed by atoms with Gasteiger partial charge in [0.25, 0.3) is 0 Å². The summed E-state index contributed by atoms with van der Waals surface area (Å²) in [4.78, 5) is 12.9. The molecule has 3 nitrogen and oxygen atoms in total. The van der Waals surface area contributed by atoms with E-state index in [1.165, 1.54) is 0 Å². The Labute approximate surface area is 83.7 Å². The molecule has 0 saturated carbocycles. The van der Waals surface area contributed by atoms with Crippen LogP contribution in [0.25, 0.3) is 0 Å². The van der Waals surface area contributed by atoms with E-state index >= 15 is 0 Å². The predicted octanol–water partition coefficient (Wildman–Crippen LogP) is 0.845. The lowest BCUT2D eigenvalue weighted by molar-refractivity contribution is -0.130. The fraction of sp³-hybridized carbons (Fsp3) is 0.889. The highest BCUT2D eigenvalue weighted by molar-refractivity contribution is 6.27. The van der Waals surface area contributed by atoms with Crippen LogP contribution >= 0.6 is 11.6 Å². The van der Waals surface area contributed by atoms with Crippen LogP contribution in [-0.4, -0.2) is 41.0 Å². The van der Waals surface area contributed by atoms with Crippen molar-refractivity contribution in [1.29, 1.82) is 0 Å². The van der Waals surface area contributed by atoms with Gasteiger partial charge in [-0.2, -0.15) is 0 Å². The molecule has 13 heavy (non-hydrogen) atoms. The monoisotopic (exact) mass is 205 g/mol. The van der Waals surface area contributed by atoms with Crippen molar-refractivity contribution in [3.8, 4) is 0 Å². The standard InChI is InChI=1S/C9H16ClNO2/c1-7(12)8-2-4-11(5-3-8)9(13)6-10/h7-8,12H,2-6H2,1H3. The third-order valence-corrected chi connectivity index (χ3v) is 2.92. The molecule has 0 aromatic carbocycles. The van der Waals surface area contributed by atoms with Crippen LogP contribution in [0.1, 0.15) is 19.8 Å². The summed E-state index contributed by atoms with van der Waals surface area (Å²) in [7, 11) is 0. The first-order valence-corrected chi connectivity index (χ1v) is 5.20. The molecule has 1 N–H and O–H groups in total. The first-order valence-electron chi connectivity index (χ1n) is 4.67. The highest BCUT2D eigenvalue weighted by Crippen LogP contribution is 2.20. The van der Waals surface area contributed by atoms with Crippen LogP contribution in [0.4, 0.5) is 0 Å². The lowest BCUT2D eigenvalue weighted by atomic mass is 9.92. The van der Waals surface area contributed by atoms with Crippen LogP contribution in [0.3, 0.4) is 0 Å². The van der Waals surface area contributed by atoms with Crippen molar-refractivity contribution >= 4 is 17.5 Å². The van der Waals surface area contributed by atoms with E-state index in [0.29, 0.717) is 5.92 Å². The van der Waals surface area contributed by atoms with E-state index in [1.54, 1.807) is 4.90 Å². The van der Waals surface area contributed by atoms with Gasteiger partial charge in [0.1, 0.15) is 5.88 Å². The normalized spacial score (nSPS) is 21.6. The van der Waals surface area contributed by atoms with E-state index < -0.39 is 0 Å². The second-order valence-corrected chi connectivity index (χ2v) is 3.86. The van der Waals surface area contributed by atoms with Crippen molar-refractivity contribution in [2.75, 3.05) is 19.0 Å². The number of aliphatic hydroxyl groups is 1. The molecule has 0 aromatic heterocycles. The molecule has 0 spiro atoms. The molecule has 1 aliphatic heterocycles. The van der Waals surface area contributed by atoms with Crippen molar-refractivity contribution in [2.24, 2.45) is 5.92 Å². The number of piperidine rings is 1. The van der Waals surface area contributed by atoms with Crippen molar-refractivity contribution in [1.82, 2.24) is 4.90 Å². The molecule has 1 heterocycles. The highest BCUT2D eigenvalue weighted by Gasteiger charge is 2.24. The molecule has 1 amide bonds. The molecule has 0 aromatic rings. The maximum absolute atomic E-state index is 11.2. The van der Waals surface area contributed by atoms with Crippen LogP contribution < -0.4 is 0 Å². The van der Waals surface area contributed by atoms with E-state index in [9.17, 15) is 9.90 Å². The zero-order chi connectivity index (χ0) is 9.84. The van der Waals surface area contributed by atoms with Gasteiger partial charge in [0.15, 0.2) is 0 Å². The first-order chi connectivity index (χ1) is 6.15. The van der Waals surface area contributed by atoms with Crippen molar-refractivity contribution in [3.63, 3.8) is 0 Å². The molecule has 1 unspecified atom stereocenters. The van der Waals surface area contributed by atoms with E-state index in [4.69, 9.17) is 11.6 Å². The van der Waals surface area contributed by atoms with Gasteiger partial charge in [0.05, 0.1) is 6.10 Å². The van der Waals surface area contributed by atoms with Crippen molar-refractivity contribution < 1.29 is 9.90 Å². The van der Waals surface area contributed by atoms with Gasteiger partial charge in [-0.05, 0) is 25.7 Å². The Morgan fingerprint density at radius 2 is 2.15 bits per heavy atom. The quantitative estimate of drug-likeness (QED) is 0.679. The van der Waals surface area contributed by atoms with E-state index in [-0.39, 0.29) is 17.9 Å². The van der Waals surface area contributed by atoms with Gasteiger partial charge in [-0.25, -0.2) is 0 Å². The number of hydrogen-bond donors (Lipinski definition) is 1. The van der Waals surface area contributed by atoms with Crippen LogP contribution in [0.2, 0.25) is 0 Å². The number of carbonyl (C=O) groups is 1. The third kappa shape index (κ3) is 2.85. The minimum atomic E-state index is -0.256. The number of nitrogens with zero attached hydrogens (tertiary/aromatic N) is 1. The number of hydrogen-bond acceptors (Lipinski definition) is 2. The first kappa shape index (κ1) is 10.8. The highest BCUT2D eigenvalue weighted by atomic mass is 35.5. The van der Waals surface area contributed by atoms with Crippen molar-refractivity contribution in [3.05, 3.63) is 0 Å². The molecular weight excluding hydrogens is 190 g/mol. The Kier molecular flexibility index (Phi) is 4.00. The van der Waals surface area contributed by atoms with E-state index in [1.807, 2.05) is 6.92 Å². The number of alkyl halides is 1. The van der Waals surface area contributed by atoms with Crippen LogP contribution in [-0.2, 0) is 4.79 Å². The fourth-order valence-corrected chi connectivity index (χ4v) is 1.88. The van der Waals surface area contributed by atoms with Crippen LogP contribution in [0.5, 0.6) is 0 Å². The Bertz CT molecular complexity index is 176. The molecule has 1 aliphatic rings.